The highest BCUT2D eigenvalue weighted by atomic mass is 32.2. The van der Waals surface area contributed by atoms with Crippen LogP contribution in [0.25, 0.3) is 0 Å². The summed E-state index contributed by atoms with van der Waals surface area (Å²) in [6.45, 7) is 8.23. The van der Waals surface area contributed by atoms with E-state index in [1.165, 1.54) is 20.2 Å². The van der Waals surface area contributed by atoms with Crippen molar-refractivity contribution in [2.24, 2.45) is 0 Å². The minimum absolute atomic E-state index is 0.0475. The van der Waals surface area contributed by atoms with E-state index in [1.54, 1.807) is 19.1 Å². The minimum Gasteiger partial charge on any atom is -0.369 e. The van der Waals surface area contributed by atoms with Crippen LogP contribution in [0.4, 0.5) is 11.4 Å². The number of carbonyl (C=O) groups is 2. The fraction of sp³-hybridized carbons (Fsp3) is 0.417. The first-order valence-electron chi connectivity index (χ1n) is 10.9. The van der Waals surface area contributed by atoms with Gasteiger partial charge in [0.25, 0.3) is 0 Å². The lowest BCUT2D eigenvalue weighted by Gasteiger charge is -2.38. The average molecular weight is 473 g/mol. The van der Waals surface area contributed by atoms with E-state index in [0.717, 1.165) is 41.7 Å². The molecule has 3 rings (SSSR count). The first-order valence-corrected chi connectivity index (χ1v) is 12.4. The number of hydrogen-bond acceptors (Lipinski definition) is 6. The fourth-order valence-corrected chi connectivity index (χ4v) is 4.71. The second-order valence-electron chi connectivity index (χ2n) is 8.56. The third-order valence-electron chi connectivity index (χ3n) is 6.13. The molecular weight excluding hydrogens is 440 g/mol. The largest absolute Gasteiger partial charge is 0.369 e. The van der Waals surface area contributed by atoms with Crippen LogP contribution in [0.2, 0.25) is 0 Å². The van der Waals surface area contributed by atoms with Crippen molar-refractivity contribution < 1.29 is 18.0 Å². The summed E-state index contributed by atoms with van der Waals surface area (Å²) in [5.74, 6) is -0.122. The number of benzene rings is 2. The van der Waals surface area contributed by atoms with Crippen LogP contribution in [0.5, 0.6) is 0 Å². The highest BCUT2D eigenvalue weighted by Gasteiger charge is 2.26. The Bertz CT molecular complexity index is 1120. The normalized spacial score (nSPS) is 16.0. The number of hydrogen-bond donors (Lipinski definition) is 1. The molecule has 0 bridgehead atoms. The van der Waals surface area contributed by atoms with Gasteiger partial charge in [-0.2, -0.15) is 0 Å². The Morgan fingerprint density at radius 3 is 2.15 bits per heavy atom. The van der Waals surface area contributed by atoms with Crippen molar-refractivity contribution in [2.45, 2.75) is 31.7 Å². The van der Waals surface area contributed by atoms with Crippen molar-refractivity contribution >= 4 is 33.1 Å². The third kappa shape index (κ3) is 5.61. The lowest BCUT2D eigenvalue weighted by atomic mass is 10.1. The number of rotatable bonds is 7. The van der Waals surface area contributed by atoms with Crippen molar-refractivity contribution in [1.82, 2.24) is 9.21 Å². The highest BCUT2D eigenvalue weighted by molar-refractivity contribution is 7.89. The Labute approximate surface area is 196 Å². The molecule has 33 heavy (non-hydrogen) atoms. The molecule has 1 atom stereocenters. The van der Waals surface area contributed by atoms with Gasteiger partial charge in [-0.1, -0.05) is 6.07 Å². The number of amides is 1. The van der Waals surface area contributed by atoms with E-state index < -0.39 is 10.0 Å². The molecular formula is C24H32N4O4S. The quantitative estimate of drug-likeness (QED) is 0.623. The zero-order valence-corrected chi connectivity index (χ0v) is 20.6. The van der Waals surface area contributed by atoms with Crippen LogP contribution in [0.1, 0.15) is 29.8 Å². The van der Waals surface area contributed by atoms with E-state index in [1.807, 2.05) is 38.1 Å². The summed E-state index contributed by atoms with van der Waals surface area (Å²) in [6, 6.07) is 12.0. The Kier molecular flexibility index (Phi) is 7.56. The molecule has 1 aliphatic rings. The van der Waals surface area contributed by atoms with Gasteiger partial charge in [0.1, 0.15) is 0 Å². The molecule has 1 fully saturated rings. The first-order chi connectivity index (χ1) is 15.5. The molecule has 178 valence electrons. The van der Waals surface area contributed by atoms with E-state index in [4.69, 9.17) is 0 Å². The number of nitrogens with one attached hydrogen (secondary N) is 1. The molecule has 0 aliphatic carbocycles. The highest BCUT2D eigenvalue weighted by Crippen LogP contribution is 2.23. The summed E-state index contributed by atoms with van der Waals surface area (Å²) >= 11 is 0. The zero-order chi connectivity index (χ0) is 24.3. The van der Waals surface area contributed by atoms with Gasteiger partial charge in [0.05, 0.1) is 10.9 Å². The molecule has 1 heterocycles. The maximum Gasteiger partial charge on any atom is 0.242 e. The predicted molar refractivity (Wildman–Crippen MR) is 130 cm³/mol. The summed E-state index contributed by atoms with van der Waals surface area (Å²) in [5, 5.41) is 2.91. The van der Waals surface area contributed by atoms with Crippen molar-refractivity contribution in [1.29, 1.82) is 0 Å². The van der Waals surface area contributed by atoms with Gasteiger partial charge in [-0.15, -0.1) is 0 Å². The lowest BCUT2D eigenvalue weighted by Crippen LogP contribution is -2.52. The fourth-order valence-electron chi connectivity index (χ4n) is 3.78. The van der Waals surface area contributed by atoms with Gasteiger partial charge in [-0.05, 0) is 62.7 Å². The molecule has 2 aromatic carbocycles. The topological polar surface area (TPSA) is 90.0 Å². The number of ketones is 1. The van der Waals surface area contributed by atoms with Gasteiger partial charge in [-0.25, -0.2) is 12.7 Å². The number of sulfonamides is 1. The minimum atomic E-state index is -3.59. The van der Waals surface area contributed by atoms with Crippen LogP contribution in [-0.2, 0) is 14.8 Å². The molecule has 9 heteroatoms. The van der Waals surface area contributed by atoms with E-state index in [0.29, 0.717) is 11.3 Å². The molecule has 1 N–H and O–H groups in total. The molecule has 0 saturated carbocycles. The number of Topliss-reactive ketones (excluding diaryl/α,β-unsaturated/α-hetero) is 1. The molecule has 0 spiro atoms. The Morgan fingerprint density at radius 2 is 1.61 bits per heavy atom. The molecule has 8 nitrogen and oxygen atoms in total. The lowest BCUT2D eigenvalue weighted by molar-refractivity contribution is -0.120. The number of anilines is 2. The molecule has 0 aromatic heterocycles. The van der Waals surface area contributed by atoms with E-state index in [9.17, 15) is 18.0 Å². The Balaban J connectivity index is 1.63. The van der Waals surface area contributed by atoms with E-state index in [-0.39, 0.29) is 22.6 Å². The van der Waals surface area contributed by atoms with Crippen LogP contribution in [0.3, 0.4) is 0 Å². The van der Waals surface area contributed by atoms with Crippen LogP contribution in [0, 0.1) is 6.92 Å². The van der Waals surface area contributed by atoms with Crippen LogP contribution in [-0.4, -0.2) is 75.6 Å². The standard InChI is InChI=1S/C24H32N4O4S/c1-17-6-11-22(33(31,32)26(4)5)16-23(17)25-24(30)18(2)27-12-14-28(15-13-27)21-9-7-20(8-10-21)19(3)29/h6-11,16,18H,12-15H2,1-5H3,(H,25,30). The van der Waals surface area contributed by atoms with Crippen molar-refractivity contribution in [3.63, 3.8) is 0 Å². The molecule has 1 amide bonds. The van der Waals surface area contributed by atoms with Crippen LogP contribution in [0.15, 0.2) is 47.4 Å². The smallest absolute Gasteiger partial charge is 0.242 e. The van der Waals surface area contributed by atoms with Gasteiger partial charge >= 0.3 is 0 Å². The second kappa shape index (κ2) is 10.0. The van der Waals surface area contributed by atoms with Crippen LogP contribution >= 0.6 is 0 Å². The second-order valence-corrected chi connectivity index (χ2v) is 10.7. The maximum absolute atomic E-state index is 13.0. The first kappa shape index (κ1) is 24.9. The maximum atomic E-state index is 13.0. The van der Waals surface area contributed by atoms with Gasteiger partial charge in [0.2, 0.25) is 15.9 Å². The molecule has 1 saturated heterocycles. The summed E-state index contributed by atoms with van der Waals surface area (Å²) in [4.78, 5) is 28.9. The van der Waals surface area contributed by atoms with Crippen molar-refractivity contribution in [2.75, 3.05) is 50.5 Å². The summed E-state index contributed by atoms with van der Waals surface area (Å²) in [5.41, 5.74) is 3.05. The SMILES string of the molecule is CC(=O)c1ccc(N2CCN(C(C)C(=O)Nc3cc(S(=O)(=O)N(C)C)ccc3C)CC2)cc1. The number of carbonyl (C=O) groups excluding carboxylic acids is 2. The Hall–Kier alpha value is -2.75. The Morgan fingerprint density at radius 1 is 1.00 bits per heavy atom. The molecule has 1 aliphatic heterocycles. The third-order valence-corrected chi connectivity index (χ3v) is 7.94. The van der Waals surface area contributed by atoms with E-state index in [2.05, 4.69) is 15.1 Å². The van der Waals surface area contributed by atoms with Crippen molar-refractivity contribution in [3.05, 3.63) is 53.6 Å². The van der Waals surface area contributed by atoms with E-state index >= 15 is 0 Å². The average Bonchev–Trinajstić information content (AvgIpc) is 2.79. The van der Waals surface area contributed by atoms with Crippen LogP contribution < -0.4 is 10.2 Å². The van der Waals surface area contributed by atoms with Gasteiger partial charge in [0.15, 0.2) is 5.78 Å². The number of piperazine rings is 1. The summed E-state index contributed by atoms with van der Waals surface area (Å²) < 4.78 is 26.0. The van der Waals surface area contributed by atoms with Gasteiger partial charge in [0, 0.05) is 57.2 Å². The zero-order valence-electron chi connectivity index (χ0n) is 19.8. The van der Waals surface area contributed by atoms with Gasteiger partial charge in [-0.3, -0.25) is 14.5 Å². The summed E-state index contributed by atoms with van der Waals surface area (Å²) in [6.07, 6.45) is 0. The molecule has 0 radical (unpaired) electrons. The number of aryl methyl sites for hydroxylation is 1. The molecule has 1 unspecified atom stereocenters. The monoisotopic (exact) mass is 472 g/mol. The summed E-state index contributed by atoms with van der Waals surface area (Å²) in [7, 11) is -0.627. The number of nitrogens with zero attached hydrogens (tertiary/aromatic N) is 3. The molecule has 2 aromatic rings. The van der Waals surface area contributed by atoms with Gasteiger partial charge < -0.3 is 10.2 Å². The van der Waals surface area contributed by atoms with Crippen molar-refractivity contribution in [3.8, 4) is 0 Å². The predicted octanol–water partition coefficient (Wildman–Crippen LogP) is 2.60.